The van der Waals surface area contributed by atoms with Crippen LogP contribution in [0.15, 0.2) is 22.9 Å². The predicted molar refractivity (Wildman–Crippen MR) is 56.5 cm³/mol. The quantitative estimate of drug-likeness (QED) is 0.742. The van der Waals surface area contributed by atoms with Crippen molar-refractivity contribution in [1.82, 2.24) is 9.97 Å². The van der Waals surface area contributed by atoms with E-state index in [0.29, 0.717) is 0 Å². The third-order valence-electron chi connectivity index (χ3n) is 1.46. The third-order valence-corrected chi connectivity index (χ3v) is 3.75. The molecule has 2 rings (SSSR count). The van der Waals surface area contributed by atoms with Gasteiger partial charge in [0, 0.05) is 8.04 Å². The molecular formula is C7H4BrIN2. The van der Waals surface area contributed by atoms with E-state index in [1.54, 1.807) is 6.33 Å². The molecule has 0 aliphatic heterocycles. The van der Waals surface area contributed by atoms with E-state index in [9.17, 15) is 0 Å². The van der Waals surface area contributed by atoms with Gasteiger partial charge in [0.2, 0.25) is 0 Å². The van der Waals surface area contributed by atoms with Crippen molar-refractivity contribution in [3.8, 4) is 0 Å². The highest BCUT2D eigenvalue weighted by molar-refractivity contribution is 14.1. The Morgan fingerprint density at radius 2 is 2.27 bits per heavy atom. The molecule has 0 saturated heterocycles. The molecule has 2 nitrogen and oxygen atoms in total. The summed E-state index contributed by atoms with van der Waals surface area (Å²) in [6, 6.07) is 4.07. The fraction of sp³-hybridized carbons (Fsp3) is 0. The molecule has 1 N–H and O–H groups in total. The number of halogens is 2. The number of nitrogens with one attached hydrogen (secondary N) is 1. The molecule has 0 amide bonds. The molecule has 0 aliphatic rings. The van der Waals surface area contributed by atoms with Crippen molar-refractivity contribution in [2.75, 3.05) is 0 Å². The molecule has 56 valence electrons. The van der Waals surface area contributed by atoms with E-state index in [2.05, 4.69) is 48.5 Å². The van der Waals surface area contributed by atoms with Crippen molar-refractivity contribution < 1.29 is 0 Å². The van der Waals surface area contributed by atoms with Gasteiger partial charge < -0.3 is 4.98 Å². The smallest absolute Gasteiger partial charge is 0.0931 e. The standard InChI is InChI=1S/C7H4BrIN2/c8-4-1-6-7(2-5(4)9)11-3-10-6/h1-3H,(H,10,11). The predicted octanol–water partition coefficient (Wildman–Crippen LogP) is 2.93. The molecule has 0 spiro atoms. The summed E-state index contributed by atoms with van der Waals surface area (Å²) in [6.07, 6.45) is 1.70. The first-order valence-corrected chi connectivity index (χ1v) is 4.92. The second-order valence-corrected chi connectivity index (χ2v) is 4.20. The van der Waals surface area contributed by atoms with Crippen molar-refractivity contribution in [1.29, 1.82) is 0 Å². The Morgan fingerprint density at radius 1 is 1.45 bits per heavy atom. The van der Waals surface area contributed by atoms with Gasteiger partial charge in [-0.3, -0.25) is 0 Å². The number of H-pyrrole nitrogens is 1. The van der Waals surface area contributed by atoms with Gasteiger partial charge in [0.05, 0.1) is 17.4 Å². The minimum atomic E-state index is 1.01. The molecule has 11 heavy (non-hydrogen) atoms. The Bertz CT molecular complexity index is 360. The number of rotatable bonds is 0. The molecule has 0 unspecified atom stereocenters. The summed E-state index contributed by atoms with van der Waals surface area (Å²) < 4.78 is 2.29. The van der Waals surface area contributed by atoms with Crippen LogP contribution in [-0.2, 0) is 0 Å². The molecule has 1 heterocycles. The molecule has 0 atom stereocenters. The van der Waals surface area contributed by atoms with E-state index in [0.717, 1.165) is 15.5 Å². The van der Waals surface area contributed by atoms with Crippen molar-refractivity contribution >= 4 is 49.6 Å². The molecule has 0 fully saturated rings. The lowest BCUT2D eigenvalue weighted by atomic mass is 10.3. The van der Waals surface area contributed by atoms with Gasteiger partial charge in [-0.1, -0.05) is 0 Å². The molecule has 0 bridgehead atoms. The lowest BCUT2D eigenvalue weighted by molar-refractivity contribution is 1.34. The lowest BCUT2D eigenvalue weighted by Gasteiger charge is -1.93. The van der Waals surface area contributed by atoms with Crippen LogP contribution in [-0.4, -0.2) is 9.97 Å². The van der Waals surface area contributed by atoms with Gasteiger partial charge in [0.25, 0.3) is 0 Å². The summed E-state index contributed by atoms with van der Waals surface area (Å²) >= 11 is 5.71. The first-order valence-electron chi connectivity index (χ1n) is 3.05. The first kappa shape index (κ1) is 7.54. The molecule has 1 aromatic heterocycles. The van der Waals surface area contributed by atoms with Gasteiger partial charge in [-0.15, -0.1) is 0 Å². The van der Waals surface area contributed by atoms with Crippen LogP contribution in [0.4, 0.5) is 0 Å². The fourth-order valence-electron chi connectivity index (χ4n) is 0.930. The van der Waals surface area contributed by atoms with E-state index < -0.39 is 0 Å². The number of benzene rings is 1. The van der Waals surface area contributed by atoms with Gasteiger partial charge >= 0.3 is 0 Å². The van der Waals surface area contributed by atoms with Crippen LogP contribution in [0.5, 0.6) is 0 Å². The molecule has 0 saturated carbocycles. The first-order chi connectivity index (χ1) is 5.27. The highest BCUT2D eigenvalue weighted by Crippen LogP contribution is 2.23. The summed E-state index contributed by atoms with van der Waals surface area (Å²) in [7, 11) is 0. The monoisotopic (exact) mass is 322 g/mol. The van der Waals surface area contributed by atoms with Gasteiger partial charge in [-0.05, 0) is 50.7 Å². The fourth-order valence-corrected chi connectivity index (χ4v) is 1.72. The largest absolute Gasteiger partial charge is 0.345 e. The number of fused-ring (bicyclic) bond motifs is 1. The van der Waals surface area contributed by atoms with Crippen LogP contribution < -0.4 is 0 Å². The zero-order valence-corrected chi connectivity index (χ0v) is 9.18. The average Bonchev–Trinajstić information content (AvgIpc) is 2.36. The second kappa shape index (κ2) is 2.75. The zero-order valence-electron chi connectivity index (χ0n) is 5.44. The lowest BCUT2D eigenvalue weighted by Crippen LogP contribution is -1.75. The van der Waals surface area contributed by atoms with Crippen LogP contribution in [0.1, 0.15) is 0 Å². The normalized spacial score (nSPS) is 10.7. The topological polar surface area (TPSA) is 28.7 Å². The van der Waals surface area contributed by atoms with Crippen LogP contribution in [0.25, 0.3) is 11.0 Å². The number of hydrogen-bond donors (Lipinski definition) is 1. The summed E-state index contributed by atoms with van der Waals surface area (Å²) in [4.78, 5) is 7.18. The SMILES string of the molecule is Brc1cc2[nH]cnc2cc1I. The Kier molecular flexibility index (Phi) is 1.88. The third kappa shape index (κ3) is 1.29. The number of imidazole rings is 1. The van der Waals surface area contributed by atoms with Gasteiger partial charge in [-0.25, -0.2) is 4.98 Å². The highest BCUT2D eigenvalue weighted by Gasteiger charge is 2.00. The minimum absolute atomic E-state index is 1.01. The Labute approximate surface area is 85.7 Å². The summed E-state index contributed by atoms with van der Waals surface area (Å²) in [5, 5.41) is 0. The highest BCUT2D eigenvalue weighted by atomic mass is 127. The van der Waals surface area contributed by atoms with E-state index in [1.165, 1.54) is 3.57 Å². The maximum Gasteiger partial charge on any atom is 0.0931 e. The van der Waals surface area contributed by atoms with Crippen LogP contribution in [0.2, 0.25) is 0 Å². The second-order valence-electron chi connectivity index (χ2n) is 2.19. The number of hydrogen-bond acceptors (Lipinski definition) is 1. The number of nitrogens with zero attached hydrogens (tertiary/aromatic N) is 1. The van der Waals surface area contributed by atoms with Gasteiger partial charge in [-0.2, -0.15) is 0 Å². The van der Waals surface area contributed by atoms with Gasteiger partial charge in [0.1, 0.15) is 0 Å². The van der Waals surface area contributed by atoms with Crippen molar-refractivity contribution in [2.24, 2.45) is 0 Å². The Balaban J connectivity index is 2.86. The van der Waals surface area contributed by atoms with Gasteiger partial charge in [0.15, 0.2) is 0 Å². The van der Waals surface area contributed by atoms with E-state index in [1.807, 2.05) is 12.1 Å². The van der Waals surface area contributed by atoms with Crippen LogP contribution >= 0.6 is 38.5 Å². The Hall–Kier alpha value is -0.100. The zero-order chi connectivity index (χ0) is 7.84. The van der Waals surface area contributed by atoms with E-state index in [4.69, 9.17) is 0 Å². The molecular weight excluding hydrogens is 319 g/mol. The summed E-state index contributed by atoms with van der Waals surface area (Å²) in [5.41, 5.74) is 2.08. The molecule has 1 aromatic carbocycles. The maximum atomic E-state index is 4.14. The number of aromatic amines is 1. The van der Waals surface area contributed by atoms with E-state index in [-0.39, 0.29) is 0 Å². The number of aromatic nitrogens is 2. The maximum absolute atomic E-state index is 4.14. The Morgan fingerprint density at radius 3 is 3.09 bits per heavy atom. The van der Waals surface area contributed by atoms with E-state index >= 15 is 0 Å². The van der Waals surface area contributed by atoms with Crippen molar-refractivity contribution in [3.05, 3.63) is 26.5 Å². The summed E-state index contributed by atoms with van der Waals surface area (Å²) in [5.74, 6) is 0. The summed E-state index contributed by atoms with van der Waals surface area (Å²) in [6.45, 7) is 0. The van der Waals surface area contributed by atoms with Crippen LogP contribution in [0.3, 0.4) is 0 Å². The molecule has 4 heteroatoms. The molecule has 2 aromatic rings. The molecule has 0 radical (unpaired) electrons. The van der Waals surface area contributed by atoms with Crippen LogP contribution in [0, 0.1) is 3.57 Å². The minimum Gasteiger partial charge on any atom is -0.345 e. The van der Waals surface area contributed by atoms with Crippen molar-refractivity contribution in [2.45, 2.75) is 0 Å². The molecule has 0 aliphatic carbocycles. The van der Waals surface area contributed by atoms with Crippen molar-refractivity contribution in [3.63, 3.8) is 0 Å². The average molecular weight is 323 g/mol.